The normalized spacial score (nSPS) is 15.4. The van der Waals surface area contributed by atoms with Gasteiger partial charge in [-0.1, -0.05) is 31.4 Å². The highest BCUT2D eigenvalue weighted by molar-refractivity contribution is 5.94. The van der Waals surface area contributed by atoms with E-state index in [1.54, 1.807) is 7.05 Å². The molecular formula is C21H34N4O2. The molecule has 150 valence electrons. The number of carbonyl (C=O) groups is 1. The lowest BCUT2D eigenvalue weighted by Gasteiger charge is -2.22. The standard InChI is InChI=1S/C21H34N4O2/c1-3-23-20(26)18-10-7-9-17(15-18)16-25-21(22-2)24-13-8-14-27-19-11-5-4-6-12-19/h7,9-10,15,19H,3-6,8,11-14,16H2,1-2H3,(H,23,26)(H2,22,24,25). The van der Waals surface area contributed by atoms with Crippen LogP contribution in [-0.4, -0.2) is 44.7 Å². The monoisotopic (exact) mass is 374 g/mol. The van der Waals surface area contributed by atoms with Crippen LogP contribution in [0, 0.1) is 0 Å². The predicted molar refractivity (Wildman–Crippen MR) is 110 cm³/mol. The lowest BCUT2D eigenvalue weighted by molar-refractivity contribution is 0.0277. The van der Waals surface area contributed by atoms with Crippen LogP contribution in [0.4, 0.5) is 0 Å². The molecule has 0 bridgehead atoms. The van der Waals surface area contributed by atoms with Crippen molar-refractivity contribution in [2.24, 2.45) is 4.99 Å². The number of hydrogen-bond acceptors (Lipinski definition) is 3. The van der Waals surface area contributed by atoms with Gasteiger partial charge in [-0.15, -0.1) is 0 Å². The van der Waals surface area contributed by atoms with Crippen LogP contribution in [-0.2, 0) is 11.3 Å². The molecule has 0 saturated heterocycles. The van der Waals surface area contributed by atoms with E-state index >= 15 is 0 Å². The van der Waals surface area contributed by atoms with E-state index in [0.29, 0.717) is 24.8 Å². The second-order valence-corrected chi connectivity index (χ2v) is 6.90. The number of rotatable bonds is 9. The summed E-state index contributed by atoms with van der Waals surface area (Å²) in [4.78, 5) is 16.2. The number of amides is 1. The van der Waals surface area contributed by atoms with Gasteiger partial charge in [-0.2, -0.15) is 0 Å². The van der Waals surface area contributed by atoms with Gasteiger partial charge in [0.1, 0.15) is 0 Å². The number of ether oxygens (including phenoxy) is 1. The first kappa shape index (κ1) is 21.2. The zero-order chi connectivity index (χ0) is 19.3. The van der Waals surface area contributed by atoms with Crippen molar-refractivity contribution in [3.8, 4) is 0 Å². The highest BCUT2D eigenvalue weighted by Crippen LogP contribution is 2.20. The van der Waals surface area contributed by atoms with E-state index in [1.807, 2.05) is 31.2 Å². The zero-order valence-corrected chi connectivity index (χ0v) is 16.7. The minimum absolute atomic E-state index is 0.0418. The summed E-state index contributed by atoms with van der Waals surface area (Å²) in [6, 6.07) is 7.64. The number of guanidine groups is 1. The average Bonchev–Trinajstić information content (AvgIpc) is 2.71. The summed E-state index contributed by atoms with van der Waals surface area (Å²) in [5.41, 5.74) is 1.72. The Morgan fingerprint density at radius 3 is 2.74 bits per heavy atom. The molecule has 0 aliphatic heterocycles. The number of nitrogens with zero attached hydrogens (tertiary/aromatic N) is 1. The Bertz CT molecular complexity index is 598. The van der Waals surface area contributed by atoms with E-state index < -0.39 is 0 Å². The van der Waals surface area contributed by atoms with Crippen LogP contribution in [0.5, 0.6) is 0 Å². The van der Waals surface area contributed by atoms with Crippen LogP contribution in [0.3, 0.4) is 0 Å². The van der Waals surface area contributed by atoms with Gasteiger partial charge >= 0.3 is 0 Å². The van der Waals surface area contributed by atoms with Gasteiger partial charge in [0, 0.05) is 38.9 Å². The Balaban J connectivity index is 1.66. The molecule has 1 aliphatic carbocycles. The molecule has 0 atom stereocenters. The van der Waals surface area contributed by atoms with Gasteiger partial charge in [0.2, 0.25) is 0 Å². The molecule has 2 rings (SSSR count). The third kappa shape index (κ3) is 7.99. The van der Waals surface area contributed by atoms with Gasteiger partial charge in [-0.05, 0) is 43.9 Å². The van der Waals surface area contributed by atoms with Gasteiger partial charge in [0.05, 0.1) is 6.10 Å². The highest BCUT2D eigenvalue weighted by Gasteiger charge is 2.13. The fourth-order valence-electron chi connectivity index (χ4n) is 3.25. The van der Waals surface area contributed by atoms with Gasteiger partial charge < -0.3 is 20.7 Å². The van der Waals surface area contributed by atoms with Crippen molar-refractivity contribution >= 4 is 11.9 Å². The van der Waals surface area contributed by atoms with Crippen LogP contribution in [0.1, 0.15) is 61.4 Å². The first-order valence-corrected chi connectivity index (χ1v) is 10.2. The largest absolute Gasteiger partial charge is 0.378 e. The summed E-state index contributed by atoms with van der Waals surface area (Å²) < 4.78 is 5.94. The van der Waals surface area contributed by atoms with Crippen molar-refractivity contribution < 1.29 is 9.53 Å². The Kier molecular flexibility index (Phi) is 9.69. The summed E-state index contributed by atoms with van der Waals surface area (Å²) >= 11 is 0. The second-order valence-electron chi connectivity index (χ2n) is 6.90. The maximum Gasteiger partial charge on any atom is 0.251 e. The molecule has 3 N–H and O–H groups in total. The predicted octanol–water partition coefficient (Wildman–Crippen LogP) is 2.84. The Morgan fingerprint density at radius 1 is 1.19 bits per heavy atom. The van der Waals surface area contributed by atoms with Crippen molar-refractivity contribution in [2.45, 2.75) is 58.1 Å². The fraction of sp³-hybridized carbons (Fsp3) is 0.619. The van der Waals surface area contributed by atoms with Crippen LogP contribution in [0.2, 0.25) is 0 Å². The van der Waals surface area contributed by atoms with E-state index in [0.717, 1.165) is 31.1 Å². The molecule has 6 heteroatoms. The van der Waals surface area contributed by atoms with E-state index in [1.165, 1.54) is 32.1 Å². The van der Waals surface area contributed by atoms with Crippen molar-refractivity contribution in [2.75, 3.05) is 26.7 Å². The molecule has 27 heavy (non-hydrogen) atoms. The van der Waals surface area contributed by atoms with Gasteiger partial charge in [0.25, 0.3) is 5.91 Å². The van der Waals surface area contributed by atoms with Crippen LogP contribution in [0.25, 0.3) is 0 Å². The third-order valence-corrected chi connectivity index (χ3v) is 4.73. The zero-order valence-electron chi connectivity index (χ0n) is 16.7. The Hall–Kier alpha value is -2.08. The van der Waals surface area contributed by atoms with E-state index in [4.69, 9.17) is 4.74 Å². The van der Waals surface area contributed by atoms with Gasteiger partial charge in [-0.25, -0.2) is 0 Å². The van der Waals surface area contributed by atoms with Crippen molar-refractivity contribution in [1.82, 2.24) is 16.0 Å². The van der Waals surface area contributed by atoms with Crippen LogP contribution >= 0.6 is 0 Å². The highest BCUT2D eigenvalue weighted by atomic mass is 16.5. The van der Waals surface area contributed by atoms with E-state index in [-0.39, 0.29) is 5.91 Å². The molecule has 1 aromatic rings. The van der Waals surface area contributed by atoms with Crippen molar-refractivity contribution in [1.29, 1.82) is 0 Å². The minimum atomic E-state index is -0.0418. The molecule has 0 aromatic heterocycles. The fourth-order valence-corrected chi connectivity index (χ4v) is 3.25. The minimum Gasteiger partial charge on any atom is -0.378 e. The SMILES string of the molecule is CCNC(=O)c1cccc(CNC(=NC)NCCCOC2CCCCC2)c1. The van der Waals surface area contributed by atoms with Gasteiger partial charge in [0.15, 0.2) is 5.96 Å². The molecule has 0 unspecified atom stereocenters. The van der Waals surface area contributed by atoms with Crippen LogP contribution < -0.4 is 16.0 Å². The first-order chi connectivity index (χ1) is 13.2. The molecule has 0 radical (unpaired) electrons. The Labute approximate surface area is 163 Å². The third-order valence-electron chi connectivity index (χ3n) is 4.73. The van der Waals surface area contributed by atoms with E-state index in [2.05, 4.69) is 20.9 Å². The first-order valence-electron chi connectivity index (χ1n) is 10.2. The molecule has 6 nitrogen and oxygen atoms in total. The Morgan fingerprint density at radius 2 is 2.00 bits per heavy atom. The topological polar surface area (TPSA) is 74.8 Å². The number of aliphatic imine (C=N–C) groups is 1. The molecule has 0 heterocycles. The molecular weight excluding hydrogens is 340 g/mol. The quantitative estimate of drug-likeness (QED) is 0.353. The summed E-state index contributed by atoms with van der Waals surface area (Å²) in [5, 5.41) is 9.43. The molecule has 1 saturated carbocycles. The van der Waals surface area contributed by atoms with E-state index in [9.17, 15) is 4.79 Å². The van der Waals surface area contributed by atoms with Crippen molar-refractivity contribution in [3.63, 3.8) is 0 Å². The second kappa shape index (κ2) is 12.3. The maximum atomic E-state index is 11.9. The summed E-state index contributed by atoms with van der Waals surface area (Å²) in [6.45, 7) is 4.78. The molecule has 1 aliphatic rings. The lowest BCUT2D eigenvalue weighted by Crippen LogP contribution is -2.37. The summed E-state index contributed by atoms with van der Waals surface area (Å²) in [6.07, 6.45) is 7.83. The number of benzene rings is 1. The molecule has 1 fully saturated rings. The molecule has 0 spiro atoms. The smallest absolute Gasteiger partial charge is 0.251 e. The summed E-state index contributed by atoms with van der Waals surface area (Å²) in [7, 11) is 1.76. The number of nitrogens with one attached hydrogen (secondary N) is 3. The maximum absolute atomic E-state index is 11.9. The van der Waals surface area contributed by atoms with Gasteiger partial charge in [-0.3, -0.25) is 9.79 Å². The molecule has 1 aromatic carbocycles. The van der Waals surface area contributed by atoms with Crippen molar-refractivity contribution in [3.05, 3.63) is 35.4 Å². The molecule has 1 amide bonds. The number of carbonyl (C=O) groups excluding carboxylic acids is 1. The summed E-state index contributed by atoms with van der Waals surface area (Å²) in [5.74, 6) is 0.718. The lowest BCUT2D eigenvalue weighted by atomic mass is 9.98. The average molecular weight is 375 g/mol. The van der Waals surface area contributed by atoms with Crippen LogP contribution in [0.15, 0.2) is 29.3 Å². The number of hydrogen-bond donors (Lipinski definition) is 3.